The van der Waals surface area contributed by atoms with Crippen LogP contribution < -0.4 is 5.32 Å². The fraction of sp³-hybridized carbons (Fsp3) is 0.923. The fourth-order valence-electron chi connectivity index (χ4n) is 1.76. The Morgan fingerprint density at radius 2 is 2.00 bits per heavy atom. The highest BCUT2D eigenvalue weighted by molar-refractivity contribution is 5.66. The highest BCUT2D eigenvalue weighted by atomic mass is 16.4. The molecule has 1 unspecified atom stereocenters. The number of carboxylic acid groups (broad SMARTS) is 1. The molecule has 0 aromatic heterocycles. The van der Waals surface area contributed by atoms with Crippen molar-refractivity contribution >= 4 is 5.97 Å². The standard InChI is InChI=1S/C13H27NO2/c1-5-6-11(2)14-10-9-13(3,4)8-7-12(15)16/h11,14H,5-10H2,1-4H3,(H,15,16). The van der Waals surface area contributed by atoms with E-state index in [0.29, 0.717) is 6.04 Å². The molecule has 0 aromatic carbocycles. The summed E-state index contributed by atoms with van der Waals surface area (Å²) >= 11 is 0. The third-order valence-corrected chi connectivity index (χ3v) is 3.03. The summed E-state index contributed by atoms with van der Waals surface area (Å²) in [6, 6.07) is 0.570. The minimum atomic E-state index is -0.694. The molecule has 0 saturated carbocycles. The molecule has 0 aliphatic rings. The number of carbonyl (C=O) groups is 1. The molecular formula is C13H27NO2. The molecule has 0 bridgehead atoms. The fourth-order valence-corrected chi connectivity index (χ4v) is 1.76. The minimum Gasteiger partial charge on any atom is -0.481 e. The number of nitrogens with one attached hydrogen (secondary N) is 1. The third kappa shape index (κ3) is 8.72. The van der Waals surface area contributed by atoms with Crippen LogP contribution in [0, 0.1) is 5.41 Å². The van der Waals surface area contributed by atoms with Crippen molar-refractivity contribution in [2.45, 2.75) is 65.8 Å². The molecule has 0 aliphatic heterocycles. The van der Waals surface area contributed by atoms with Crippen LogP contribution in [0.5, 0.6) is 0 Å². The molecule has 0 fully saturated rings. The molecule has 3 nitrogen and oxygen atoms in total. The largest absolute Gasteiger partial charge is 0.481 e. The van der Waals surface area contributed by atoms with Gasteiger partial charge in [-0.25, -0.2) is 0 Å². The Kier molecular flexibility index (Phi) is 7.39. The molecule has 1 atom stereocenters. The molecule has 16 heavy (non-hydrogen) atoms. The van der Waals surface area contributed by atoms with Gasteiger partial charge in [0, 0.05) is 12.5 Å². The van der Waals surface area contributed by atoms with E-state index in [-0.39, 0.29) is 11.8 Å². The zero-order valence-corrected chi connectivity index (χ0v) is 11.2. The molecule has 0 spiro atoms. The summed E-state index contributed by atoms with van der Waals surface area (Å²) in [5, 5.41) is 12.1. The second-order valence-electron chi connectivity index (χ2n) is 5.45. The van der Waals surface area contributed by atoms with Crippen LogP contribution in [0.3, 0.4) is 0 Å². The lowest BCUT2D eigenvalue weighted by Gasteiger charge is -2.25. The topological polar surface area (TPSA) is 49.3 Å². The van der Waals surface area contributed by atoms with Crippen molar-refractivity contribution in [2.24, 2.45) is 5.41 Å². The molecule has 0 heterocycles. The van der Waals surface area contributed by atoms with E-state index in [1.807, 2.05) is 0 Å². The van der Waals surface area contributed by atoms with Gasteiger partial charge >= 0.3 is 5.97 Å². The first-order valence-corrected chi connectivity index (χ1v) is 6.32. The van der Waals surface area contributed by atoms with Crippen LogP contribution in [0.25, 0.3) is 0 Å². The van der Waals surface area contributed by atoms with E-state index in [0.717, 1.165) is 19.4 Å². The highest BCUT2D eigenvalue weighted by Crippen LogP contribution is 2.26. The lowest BCUT2D eigenvalue weighted by Crippen LogP contribution is -2.30. The van der Waals surface area contributed by atoms with Gasteiger partial charge in [-0.2, -0.15) is 0 Å². The predicted molar refractivity (Wildman–Crippen MR) is 67.6 cm³/mol. The van der Waals surface area contributed by atoms with E-state index >= 15 is 0 Å². The Labute approximate surface area is 99.6 Å². The van der Waals surface area contributed by atoms with Gasteiger partial charge in [-0.05, 0) is 38.1 Å². The molecule has 0 rings (SSSR count). The molecule has 0 radical (unpaired) electrons. The third-order valence-electron chi connectivity index (χ3n) is 3.03. The zero-order valence-electron chi connectivity index (χ0n) is 11.2. The number of hydrogen-bond donors (Lipinski definition) is 2. The van der Waals surface area contributed by atoms with Crippen molar-refractivity contribution in [3.63, 3.8) is 0 Å². The predicted octanol–water partition coefficient (Wildman–Crippen LogP) is 3.05. The average molecular weight is 229 g/mol. The quantitative estimate of drug-likeness (QED) is 0.639. The van der Waals surface area contributed by atoms with Gasteiger partial charge in [0.25, 0.3) is 0 Å². The molecule has 0 aliphatic carbocycles. The number of carboxylic acids is 1. The van der Waals surface area contributed by atoms with Gasteiger partial charge in [0.15, 0.2) is 0 Å². The number of hydrogen-bond acceptors (Lipinski definition) is 2. The normalized spacial score (nSPS) is 13.8. The van der Waals surface area contributed by atoms with E-state index in [1.165, 1.54) is 12.8 Å². The van der Waals surface area contributed by atoms with Gasteiger partial charge in [0.2, 0.25) is 0 Å². The SMILES string of the molecule is CCCC(C)NCCC(C)(C)CCC(=O)O. The van der Waals surface area contributed by atoms with Gasteiger partial charge in [0.1, 0.15) is 0 Å². The summed E-state index contributed by atoms with van der Waals surface area (Å²) in [7, 11) is 0. The van der Waals surface area contributed by atoms with Crippen molar-refractivity contribution in [3.8, 4) is 0 Å². The Morgan fingerprint density at radius 1 is 1.38 bits per heavy atom. The van der Waals surface area contributed by atoms with Crippen molar-refractivity contribution < 1.29 is 9.90 Å². The Morgan fingerprint density at radius 3 is 2.50 bits per heavy atom. The maximum Gasteiger partial charge on any atom is 0.303 e. The first kappa shape index (κ1) is 15.4. The van der Waals surface area contributed by atoms with Crippen LogP contribution in [0.15, 0.2) is 0 Å². The van der Waals surface area contributed by atoms with E-state index in [4.69, 9.17) is 5.11 Å². The van der Waals surface area contributed by atoms with Crippen LogP contribution in [-0.4, -0.2) is 23.7 Å². The van der Waals surface area contributed by atoms with Gasteiger partial charge < -0.3 is 10.4 Å². The second-order valence-corrected chi connectivity index (χ2v) is 5.45. The van der Waals surface area contributed by atoms with E-state index in [1.54, 1.807) is 0 Å². The summed E-state index contributed by atoms with van der Waals surface area (Å²) < 4.78 is 0. The molecule has 0 aromatic rings. The maximum absolute atomic E-state index is 10.5. The van der Waals surface area contributed by atoms with Crippen LogP contribution in [0.2, 0.25) is 0 Å². The van der Waals surface area contributed by atoms with Crippen molar-refractivity contribution in [1.82, 2.24) is 5.32 Å². The Balaban J connectivity index is 3.68. The number of rotatable bonds is 9. The molecule has 3 heteroatoms. The van der Waals surface area contributed by atoms with E-state index < -0.39 is 5.97 Å². The summed E-state index contributed by atoms with van der Waals surface area (Å²) in [5.74, 6) is -0.694. The Bertz CT molecular complexity index is 202. The molecule has 96 valence electrons. The molecule has 0 saturated heterocycles. The van der Waals surface area contributed by atoms with Gasteiger partial charge in [-0.3, -0.25) is 4.79 Å². The monoisotopic (exact) mass is 229 g/mol. The van der Waals surface area contributed by atoms with E-state index in [9.17, 15) is 4.79 Å². The summed E-state index contributed by atoms with van der Waals surface area (Å²) in [6.07, 6.45) is 4.48. The van der Waals surface area contributed by atoms with Crippen LogP contribution >= 0.6 is 0 Å². The minimum absolute atomic E-state index is 0.122. The van der Waals surface area contributed by atoms with Crippen LogP contribution in [0.4, 0.5) is 0 Å². The van der Waals surface area contributed by atoms with Crippen molar-refractivity contribution in [2.75, 3.05) is 6.54 Å². The lowest BCUT2D eigenvalue weighted by molar-refractivity contribution is -0.137. The number of aliphatic carboxylic acids is 1. The van der Waals surface area contributed by atoms with Crippen molar-refractivity contribution in [1.29, 1.82) is 0 Å². The molecule has 2 N–H and O–H groups in total. The van der Waals surface area contributed by atoms with Gasteiger partial charge in [0.05, 0.1) is 0 Å². The zero-order chi connectivity index (χ0) is 12.6. The van der Waals surface area contributed by atoms with Gasteiger partial charge in [-0.1, -0.05) is 27.2 Å². The first-order chi connectivity index (χ1) is 7.37. The summed E-state index contributed by atoms with van der Waals surface area (Å²) in [6.45, 7) is 9.65. The average Bonchev–Trinajstić information content (AvgIpc) is 2.15. The molecular weight excluding hydrogens is 202 g/mol. The van der Waals surface area contributed by atoms with Crippen molar-refractivity contribution in [3.05, 3.63) is 0 Å². The Hall–Kier alpha value is -0.570. The van der Waals surface area contributed by atoms with Gasteiger partial charge in [-0.15, -0.1) is 0 Å². The molecule has 0 amide bonds. The summed E-state index contributed by atoms with van der Waals surface area (Å²) in [4.78, 5) is 10.5. The smallest absolute Gasteiger partial charge is 0.303 e. The van der Waals surface area contributed by atoms with E-state index in [2.05, 4.69) is 33.0 Å². The van der Waals surface area contributed by atoms with Crippen LogP contribution in [0.1, 0.15) is 59.8 Å². The van der Waals surface area contributed by atoms with Crippen LogP contribution in [-0.2, 0) is 4.79 Å². The maximum atomic E-state index is 10.5. The highest BCUT2D eigenvalue weighted by Gasteiger charge is 2.18. The first-order valence-electron chi connectivity index (χ1n) is 6.32. The second kappa shape index (κ2) is 7.66. The summed E-state index contributed by atoms with van der Waals surface area (Å²) in [5.41, 5.74) is 0.122. The lowest BCUT2D eigenvalue weighted by atomic mass is 9.84.